The third-order valence-corrected chi connectivity index (χ3v) is 14.0. The maximum absolute atomic E-state index is 11.4. The van der Waals surface area contributed by atoms with E-state index in [-0.39, 0.29) is 5.97 Å². The van der Waals surface area contributed by atoms with Gasteiger partial charge in [0.25, 0.3) is 0 Å². The summed E-state index contributed by atoms with van der Waals surface area (Å²) >= 11 is 0. The van der Waals surface area contributed by atoms with Gasteiger partial charge in [-0.25, -0.2) is 4.79 Å². The van der Waals surface area contributed by atoms with Gasteiger partial charge in [0.05, 0.1) is 6.61 Å². The van der Waals surface area contributed by atoms with Crippen LogP contribution in [0.15, 0.2) is 12.2 Å². The fourth-order valence-corrected chi connectivity index (χ4v) is 11.7. The normalized spacial score (nSPS) is 14.7. The first-order chi connectivity index (χ1) is 13.1. The predicted molar refractivity (Wildman–Crippen MR) is 124 cm³/mol. The third-order valence-electron chi connectivity index (χ3n) is 4.63. The Morgan fingerprint density at radius 3 is 1.93 bits per heavy atom. The Hall–Kier alpha value is -0.219. The van der Waals surface area contributed by atoms with Gasteiger partial charge in [-0.2, -0.15) is 0 Å². The molecule has 0 aromatic heterocycles. The summed E-state index contributed by atoms with van der Waals surface area (Å²) in [4.78, 5) is 11.4. The maximum atomic E-state index is 11.4. The molecule has 0 unspecified atom stereocenters. The van der Waals surface area contributed by atoms with E-state index in [2.05, 4.69) is 20.4 Å². The molecule has 0 heterocycles. The van der Waals surface area contributed by atoms with Gasteiger partial charge in [-0.1, -0.05) is 71.3 Å². The zero-order chi connectivity index (χ0) is 20.2. The van der Waals surface area contributed by atoms with Crippen molar-refractivity contribution in [2.75, 3.05) is 6.61 Å². The lowest BCUT2D eigenvalue weighted by Gasteiger charge is -2.28. The van der Waals surface area contributed by atoms with Crippen molar-refractivity contribution in [3.63, 3.8) is 0 Å². The Kier molecular flexibility index (Phi) is 19.0. The van der Waals surface area contributed by atoms with E-state index in [1.165, 1.54) is 69.5 Å². The fourth-order valence-electron chi connectivity index (χ4n) is 2.92. The highest BCUT2D eigenvalue weighted by Gasteiger charge is 2.29. The number of ether oxygens (including phenoxy) is 1. The molecule has 160 valence electrons. The first kappa shape index (κ1) is 26.8. The van der Waals surface area contributed by atoms with Crippen molar-refractivity contribution < 1.29 is 17.8 Å². The Morgan fingerprint density at radius 2 is 1.44 bits per heavy atom. The molecule has 0 aliphatic carbocycles. The molecule has 7 heteroatoms. The van der Waals surface area contributed by atoms with Gasteiger partial charge < -0.3 is 13.0 Å². The van der Waals surface area contributed by atoms with Gasteiger partial charge in [0.15, 0.2) is 0 Å². The van der Waals surface area contributed by atoms with Crippen LogP contribution in [0.5, 0.6) is 0 Å². The van der Waals surface area contributed by atoms with Crippen molar-refractivity contribution in [3.8, 4) is 0 Å². The lowest BCUT2D eigenvalue weighted by molar-refractivity contribution is -0.137. The lowest BCUT2D eigenvalue weighted by atomic mass is 10.2. The molecule has 27 heavy (non-hydrogen) atoms. The summed E-state index contributed by atoms with van der Waals surface area (Å²) in [7, 11) is -3.04. The monoisotopic (exact) mass is 432 g/mol. The third kappa shape index (κ3) is 17.6. The van der Waals surface area contributed by atoms with Gasteiger partial charge in [-0.15, -0.1) is 0 Å². The van der Waals surface area contributed by atoms with Crippen molar-refractivity contribution in [2.24, 2.45) is 0 Å². The molecule has 0 N–H and O–H groups in total. The molecule has 0 radical (unpaired) electrons. The minimum atomic E-state index is -2.06. The van der Waals surface area contributed by atoms with Gasteiger partial charge in [-0.3, -0.25) is 0 Å². The molecule has 0 aromatic carbocycles. The van der Waals surface area contributed by atoms with Gasteiger partial charge in [0.1, 0.15) is 19.5 Å². The quantitative estimate of drug-likeness (QED) is 0.128. The smallest absolute Gasteiger partial charge is 0.330 e. The minimum Gasteiger partial charge on any atom is -0.463 e. The van der Waals surface area contributed by atoms with Crippen LogP contribution in [-0.4, -0.2) is 40.7 Å². The predicted octanol–water partition coefficient (Wildman–Crippen LogP) is 4.77. The summed E-state index contributed by atoms with van der Waals surface area (Å²) in [6.45, 7) is 9.02. The van der Waals surface area contributed by atoms with E-state index in [1.807, 2.05) is 6.92 Å². The largest absolute Gasteiger partial charge is 0.463 e. The average Bonchev–Trinajstić information content (AvgIpc) is 2.65. The molecular formula is C20H44O4Si3. The van der Waals surface area contributed by atoms with Crippen LogP contribution in [0.4, 0.5) is 0 Å². The minimum absolute atomic E-state index is 0.252. The molecule has 0 spiro atoms. The zero-order valence-electron chi connectivity index (χ0n) is 18.4. The van der Waals surface area contributed by atoms with E-state index < -0.39 is 28.1 Å². The number of rotatable bonds is 19. The van der Waals surface area contributed by atoms with Crippen molar-refractivity contribution >= 4 is 34.1 Å². The summed E-state index contributed by atoms with van der Waals surface area (Å²) in [5.41, 5.74) is 0. The molecule has 0 saturated carbocycles. The van der Waals surface area contributed by atoms with Crippen LogP contribution in [0.3, 0.4) is 0 Å². The van der Waals surface area contributed by atoms with Gasteiger partial charge in [-0.05, 0) is 38.0 Å². The van der Waals surface area contributed by atoms with Crippen molar-refractivity contribution in [1.29, 1.82) is 0 Å². The number of unbranched alkanes of at least 4 members (excludes halogenated alkanes) is 6. The second kappa shape index (κ2) is 19.1. The molecular weight excluding hydrogens is 388 g/mol. The van der Waals surface area contributed by atoms with Crippen molar-refractivity contribution in [2.45, 2.75) is 103 Å². The molecule has 0 aliphatic rings. The standard InChI is InChI=1S/C20H44O4Si3/c1-5-8-10-12-17-25-23-27(4,24-26-18-13-11-9-6-2)19-14-16-22-20(21)15-7-3/h7,15H,5-6,8-14,16-19,25-26H2,1-4H3. The average molecular weight is 433 g/mol. The second-order valence-corrected chi connectivity index (χ2v) is 14.7. The molecule has 0 saturated heterocycles. The number of carbonyl (C=O) groups excluding carboxylic acids is 1. The summed E-state index contributed by atoms with van der Waals surface area (Å²) in [6, 6.07) is 3.47. The topological polar surface area (TPSA) is 44.8 Å². The van der Waals surface area contributed by atoms with Crippen molar-refractivity contribution in [1.82, 2.24) is 0 Å². The van der Waals surface area contributed by atoms with Crippen LogP contribution in [0.25, 0.3) is 0 Å². The highest BCUT2D eigenvalue weighted by Crippen LogP contribution is 2.17. The van der Waals surface area contributed by atoms with Gasteiger partial charge in [0, 0.05) is 6.08 Å². The molecule has 0 amide bonds. The Bertz CT molecular complexity index is 362. The van der Waals surface area contributed by atoms with E-state index in [0.29, 0.717) is 6.61 Å². The van der Waals surface area contributed by atoms with Gasteiger partial charge in [0.2, 0.25) is 0 Å². The van der Waals surface area contributed by atoms with E-state index in [4.69, 9.17) is 13.0 Å². The number of hydrogen-bond donors (Lipinski definition) is 0. The van der Waals surface area contributed by atoms with Crippen LogP contribution in [0.2, 0.25) is 24.7 Å². The Balaban J connectivity index is 4.18. The maximum Gasteiger partial charge on any atom is 0.330 e. The van der Waals surface area contributed by atoms with Crippen LogP contribution >= 0.6 is 0 Å². The zero-order valence-corrected chi connectivity index (χ0v) is 22.2. The van der Waals surface area contributed by atoms with Crippen LogP contribution in [-0.2, 0) is 17.8 Å². The number of esters is 1. The summed E-state index contributed by atoms with van der Waals surface area (Å²) in [5, 5.41) is 0. The highest BCUT2D eigenvalue weighted by molar-refractivity contribution is 6.74. The number of hydrogen-bond acceptors (Lipinski definition) is 4. The van der Waals surface area contributed by atoms with E-state index in [9.17, 15) is 4.79 Å². The molecule has 0 rings (SSSR count). The molecule has 4 nitrogen and oxygen atoms in total. The molecule has 0 atom stereocenters. The molecule has 0 bridgehead atoms. The van der Waals surface area contributed by atoms with Crippen LogP contribution < -0.4 is 0 Å². The number of carbonyl (C=O) groups is 1. The van der Waals surface area contributed by atoms with Gasteiger partial charge >= 0.3 is 14.5 Å². The Morgan fingerprint density at radius 1 is 0.889 bits per heavy atom. The van der Waals surface area contributed by atoms with E-state index in [0.717, 1.165) is 12.5 Å². The summed E-state index contributed by atoms with van der Waals surface area (Å²) in [5.74, 6) is -0.252. The Labute approximate surface area is 174 Å². The first-order valence-corrected chi connectivity index (χ1v) is 16.8. The second-order valence-electron chi connectivity index (χ2n) is 7.43. The van der Waals surface area contributed by atoms with E-state index >= 15 is 0 Å². The van der Waals surface area contributed by atoms with Crippen LogP contribution in [0.1, 0.15) is 78.6 Å². The van der Waals surface area contributed by atoms with Crippen molar-refractivity contribution in [3.05, 3.63) is 12.2 Å². The molecule has 0 aliphatic heterocycles. The molecule has 0 fully saturated rings. The summed E-state index contributed by atoms with van der Waals surface area (Å²) < 4.78 is 18.1. The summed E-state index contributed by atoms with van der Waals surface area (Å²) in [6.07, 6.45) is 14.5. The lowest BCUT2D eigenvalue weighted by Crippen LogP contribution is -2.41. The molecule has 0 aromatic rings. The first-order valence-electron chi connectivity index (χ1n) is 11.1. The highest BCUT2D eigenvalue weighted by atomic mass is 28.4. The van der Waals surface area contributed by atoms with E-state index in [1.54, 1.807) is 6.08 Å². The van der Waals surface area contributed by atoms with Crippen LogP contribution in [0, 0.1) is 0 Å². The fraction of sp³-hybridized carbons (Fsp3) is 0.850. The number of allylic oxidation sites excluding steroid dienone is 1. The SMILES string of the molecule is CC=CC(=O)OCCC[Si](C)(O[SiH2]CCCCCC)O[SiH2]CCCCCC.